The van der Waals surface area contributed by atoms with Crippen LogP contribution in [-0.4, -0.2) is 25.9 Å². The first-order chi connectivity index (χ1) is 11.7. The van der Waals surface area contributed by atoms with E-state index in [0.717, 1.165) is 17.8 Å². The molecule has 0 spiro atoms. The molecule has 0 saturated heterocycles. The molecular weight excluding hydrogens is 326 g/mol. The van der Waals surface area contributed by atoms with E-state index in [-0.39, 0.29) is 11.3 Å². The maximum atomic E-state index is 12.4. The summed E-state index contributed by atoms with van der Waals surface area (Å²) in [6.07, 6.45) is 2.26. The summed E-state index contributed by atoms with van der Waals surface area (Å²) >= 11 is 1.38. The molecule has 24 heavy (non-hydrogen) atoms. The van der Waals surface area contributed by atoms with Gasteiger partial charge in [-0.1, -0.05) is 29.5 Å². The number of aromatic nitrogens is 4. The summed E-state index contributed by atoms with van der Waals surface area (Å²) in [7, 11) is 0. The maximum absolute atomic E-state index is 12.4. The number of carbonyl (C=O) groups is 1. The summed E-state index contributed by atoms with van der Waals surface area (Å²) in [5.41, 5.74) is 0.440. The summed E-state index contributed by atoms with van der Waals surface area (Å²) in [4.78, 5) is 24.3. The number of nitrogens with zero attached hydrogens (tertiary/aromatic N) is 4. The van der Waals surface area contributed by atoms with Crippen LogP contribution in [0.15, 0.2) is 47.3 Å². The summed E-state index contributed by atoms with van der Waals surface area (Å²) in [6.45, 7) is 0. The minimum absolute atomic E-state index is 0.140. The second-order valence-corrected chi connectivity index (χ2v) is 6.49. The number of benzene rings is 1. The van der Waals surface area contributed by atoms with Crippen molar-refractivity contribution < 1.29 is 4.79 Å². The summed E-state index contributed by atoms with van der Waals surface area (Å²) in [5.74, 6) is 0.0736. The minimum atomic E-state index is -0.418. The molecule has 120 valence electrons. The number of anilines is 1. The highest BCUT2D eigenvalue weighted by Gasteiger charge is 2.27. The van der Waals surface area contributed by atoms with Crippen molar-refractivity contribution in [2.24, 2.45) is 0 Å². The number of hydrogen-bond acceptors (Lipinski definition) is 6. The van der Waals surface area contributed by atoms with E-state index < -0.39 is 5.91 Å². The van der Waals surface area contributed by atoms with Crippen molar-refractivity contribution in [2.45, 2.75) is 18.8 Å². The van der Waals surface area contributed by atoms with E-state index in [2.05, 4.69) is 20.6 Å². The Hall–Kier alpha value is -2.87. The number of carbonyl (C=O) groups excluding carboxylic acids is 1. The quantitative estimate of drug-likeness (QED) is 0.787. The van der Waals surface area contributed by atoms with Crippen LogP contribution in [0, 0.1) is 0 Å². The zero-order valence-electron chi connectivity index (χ0n) is 12.5. The summed E-state index contributed by atoms with van der Waals surface area (Å²) < 4.78 is 1.20. The molecule has 0 atom stereocenters. The topological polar surface area (TPSA) is 89.8 Å². The first-order valence-electron chi connectivity index (χ1n) is 7.51. The van der Waals surface area contributed by atoms with Gasteiger partial charge in [0.25, 0.3) is 11.5 Å². The molecule has 0 radical (unpaired) electrons. The van der Waals surface area contributed by atoms with Crippen LogP contribution in [0.4, 0.5) is 5.13 Å². The second kappa shape index (κ2) is 5.97. The van der Waals surface area contributed by atoms with Crippen LogP contribution in [0.5, 0.6) is 0 Å². The highest BCUT2D eigenvalue weighted by Crippen LogP contribution is 2.42. The van der Waals surface area contributed by atoms with Crippen molar-refractivity contribution in [2.75, 3.05) is 5.32 Å². The fourth-order valence-corrected chi connectivity index (χ4v) is 3.14. The van der Waals surface area contributed by atoms with E-state index in [1.807, 2.05) is 6.07 Å². The fourth-order valence-electron chi connectivity index (χ4n) is 2.23. The Bertz CT molecular complexity index is 946. The summed E-state index contributed by atoms with van der Waals surface area (Å²) in [6, 6.07) is 11.7. The van der Waals surface area contributed by atoms with E-state index in [1.165, 1.54) is 28.2 Å². The monoisotopic (exact) mass is 339 g/mol. The lowest BCUT2D eigenvalue weighted by Gasteiger charge is -2.06. The average Bonchev–Trinajstić information content (AvgIpc) is 3.36. The first-order valence-corrected chi connectivity index (χ1v) is 8.33. The van der Waals surface area contributed by atoms with Crippen LogP contribution < -0.4 is 10.9 Å². The normalized spacial score (nSPS) is 13.7. The minimum Gasteiger partial charge on any atom is -0.295 e. The molecule has 1 aliphatic rings. The van der Waals surface area contributed by atoms with Crippen molar-refractivity contribution in [3.63, 3.8) is 0 Å². The molecule has 0 unspecified atom stereocenters. The van der Waals surface area contributed by atoms with Crippen molar-refractivity contribution in [3.8, 4) is 5.69 Å². The lowest BCUT2D eigenvalue weighted by molar-refractivity contribution is 0.102. The Morgan fingerprint density at radius 2 is 1.92 bits per heavy atom. The predicted octanol–water partition coefficient (Wildman–Crippen LogP) is 2.21. The van der Waals surface area contributed by atoms with Gasteiger partial charge >= 0.3 is 0 Å². The van der Waals surface area contributed by atoms with Gasteiger partial charge in [0.1, 0.15) is 10.7 Å². The second-order valence-electron chi connectivity index (χ2n) is 5.48. The van der Waals surface area contributed by atoms with Crippen molar-refractivity contribution in [1.29, 1.82) is 0 Å². The third kappa shape index (κ3) is 2.95. The number of amides is 1. The molecule has 1 fully saturated rings. The van der Waals surface area contributed by atoms with Crippen molar-refractivity contribution >= 4 is 22.4 Å². The first kappa shape index (κ1) is 14.7. The van der Waals surface area contributed by atoms with Crippen LogP contribution in [0.25, 0.3) is 5.69 Å². The molecule has 7 nitrogen and oxygen atoms in total. The van der Waals surface area contributed by atoms with E-state index in [9.17, 15) is 9.59 Å². The van der Waals surface area contributed by atoms with Crippen LogP contribution in [0.2, 0.25) is 0 Å². The van der Waals surface area contributed by atoms with Gasteiger partial charge in [-0.25, -0.2) is 0 Å². The maximum Gasteiger partial charge on any atom is 0.277 e. The average molecular weight is 339 g/mol. The van der Waals surface area contributed by atoms with Gasteiger partial charge in [0, 0.05) is 12.0 Å². The lowest BCUT2D eigenvalue weighted by Crippen LogP contribution is -2.24. The van der Waals surface area contributed by atoms with Crippen molar-refractivity contribution in [1.82, 2.24) is 20.0 Å². The predicted molar refractivity (Wildman–Crippen MR) is 89.7 cm³/mol. The summed E-state index contributed by atoms with van der Waals surface area (Å²) in [5, 5.41) is 16.3. The Morgan fingerprint density at radius 3 is 2.67 bits per heavy atom. The number of hydrogen-bond donors (Lipinski definition) is 1. The SMILES string of the molecule is O=C(Nc1nnc(C2CC2)s1)c1ccc(=O)n(-c2ccccc2)n1. The third-order valence-electron chi connectivity index (χ3n) is 3.62. The van der Waals surface area contributed by atoms with Crippen LogP contribution in [0.1, 0.15) is 34.3 Å². The van der Waals surface area contributed by atoms with Gasteiger partial charge in [-0.05, 0) is 31.0 Å². The molecule has 8 heteroatoms. The largest absolute Gasteiger partial charge is 0.295 e. The molecule has 1 aliphatic carbocycles. The lowest BCUT2D eigenvalue weighted by atomic mass is 10.3. The number of para-hydroxylation sites is 1. The molecule has 2 heterocycles. The van der Waals surface area contributed by atoms with Gasteiger partial charge in [0.05, 0.1) is 5.69 Å². The van der Waals surface area contributed by atoms with E-state index in [1.54, 1.807) is 24.3 Å². The van der Waals surface area contributed by atoms with Gasteiger partial charge in [0.2, 0.25) is 5.13 Å². The van der Waals surface area contributed by atoms with Gasteiger partial charge in [-0.3, -0.25) is 14.9 Å². The number of rotatable bonds is 4. The highest BCUT2D eigenvalue weighted by atomic mass is 32.1. The van der Waals surface area contributed by atoms with E-state index >= 15 is 0 Å². The smallest absolute Gasteiger partial charge is 0.277 e. The van der Waals surface area contributed by atoms with Crippen LogP contribution >= 0.6 is 11.3 Å². The molecule has 0 aliphatic heterocycles. The molecule has 1 aromatic carbocycles. The molecule has 0 bridgehead atoms. The molecule has 1 N–H and O–H groups in total. The van der Waals surface area contributed by atoms with Gasteiger partial charge in [-0.15, -0.1) is 10.2 Å². The zero-order chi connectivity index (χ0) is 16.5. The molecule has 1 saturated carbocycles. The Morgan fingerprint density at radius 1 is 1.12 bits per heavy atom. The van der Waals surface area contributed by atoms with E-state index in [4.69, 9.17) is 0 Å². The van der Waals surface area contributed by atoms with Crippen LogP contribution in [0.3, 0.4) is 0 Å². The van der Waals surface area contributed by atoms with Crippen molar-refractivity contribution in [3.05, 3.63) is 63.5 Å². The Labute approximate surface area is 141 Å². The molecular formula is C16H13N5O2S. The van der Waals surface area contributed by atoms with Gasteiger partial charge < -0.3 is 0 Å². The third-order valence-corrected chi connectivity index (χ3v) is 4.62. The standard InChI is InChI=1S/C16H13N5O2S/c22-13-9-8-12(20-21(13)11-4-2-1-3-5-11)14(23)17-16-19-18-15(24-16)10-6-7-10/h1-5,8-10H,6-7H2,(H,17,19,23). The molecule has 4 rings (SSSR count). The van der Waals surface area contributed by atoms with Gasteiger partial charge in [0.15, 0.2) is 0 Å². The molecule has 1 amide bonds. The Balaban J connectivity index is 1.59. The highest BCUT2D eigenvalue weighted by molar-refractivity contribution is 7.15. The molecule has 3 aromatic rings. The number of nitrogens with one attached hydrogen (secondary N) is 1. The van der Waals surface area contributed by atoms with E-state index in [0.29, 0.717) is 16.7 Å². The zero-order valence-corrected chi connectivity index (χ0v) is 13.4. The Kier molecular flexibility index (Phi) is 3.66. The molecule has 2 aromatic heterocycles. The fraction of sp³-hybridized carbons (Fsp3) is 0.188. The van der Waals surface area contributed by atoms with Gasteiger partial charge in [-0.2, -0.15) is 9.78 Å². The van der Waals surface area contributed by atoms with Crippen LogP contribution in [-0.2, 0) is 0 Å².